The van der Waals surface area contributed by atoms with Gasteiger partial charge in [-0.05, 0) is 12.8 Å². The molecule has 1 aliphatic heterocycles. The molecule has 1 fully saturated rings. The van der Waals surface area contributed by atoms with Crippen LogP contribution in [0.3, 0.4) is 0 Å². The summed E-state index contributed by atoms with van der Waals surface area (Å²) in [7, 11) is 0. The highest BCUT2D eigenvalue weighted by molar-refractivity contribution is 5.78. The molecule has 12 heavy (non-hydrogen) atoms. The summed E-state index contributed by atoms with van der Waals surface area (Å²) in [5.74, 6) is -0.0400. The van der Waals surface area contributed by atoms with Crippen molar-refractivity contribution in [3.63, 3.8) is 0 Å². The van der Waals surface area contributed by atoms with Crippen LogP contribution in [0.15, 0.2) is 0 Å². The average Bonchev–Trinajstić information content (AvgIpc) is 2.67. The quantitative estimate of drug-likeness (QED) is 0.639. The van der Waals surface area contributed by atoms with Crippen molar-refractivity contribution in [3.8, 4) is 0 Å². The average molecular weight is 171 g/mol. The fraction of sp³-hybridized carbons (Fsp3) is 0.889. The van der Waals surface area contributed by atoms with Gasteiger partial charge in [0.05, 0.1) is 12.5 Å². The predicted octanol–water partition coefficient (Wildman–Crippen LogP) is 0.923. The van der Waals surface area contributed by atoms with E-state index in [1.54, 1.807) is 0 Å². The van der Waals surface area contributed by atoms with Crippen molar-refractivity contribution in [2.24, 2.45) is 17.6 Å². The smallest absolute Gasteiger partial charge is 0.223 e. The molecule has 0 spiro atoms. The van der Waals surface area contributed by atoms with Crippen molar-refractivity contribution < 1.29 is 9.53 Å². The van der Waals surface area contributed by atoms with Crippen LogP contribution in [0.1, 0.15) is 27.2 Å². The third kappa shape index (κ3) is 1.61. The monoisotopic (exact) mass is 171 g/mol. The lowest BCUT2D eigenvalue weighted by Gasteiger charge is -2.23. The van der Waals surface area contributed by atoms with Gasteiger partial charge in [-0.1, -0.05) is 20.3 Å². The van der Waals surface area contributed by atoms with E-state index < -0.39 is 0 Å². The fourth-order valence-corrected chi connectivity index (χ4v) is 1.71. The first-order valence-electron chi connectivity index (χ1n) is 4.44. The van der Waals surface area contributed by atoms with E-state index >= 15 is 0 Å². The largest absolute Gasteiger partial charge is 0.369 e. The van der Waals surface area contributed by atoms with Crippen LogP contribution in [0, 0.1) is 11.8 Å². The summed E-state index contributed by atoms with van der Waals surface area (Å²) >= 11 is 0. The van der Waals surface area contributed by atoms with Crippen molar-refractivity contribution >= 4 is 5.91 Å². The normalized spacial score (nSPS) is 32.6. The number of ether oxygens (including phenoxy) is 1. The molecule has 1 saturated heterocycles. The Morgan fingerprint density at radius 1 is 1.75 bits per heavy atom. The third-order valence-electron chi connectivity index (χ3n) is 2.78. The minimum Gasteiger partial charge on any atom is -0.369 e. The van der Waals surface area contributed by atoms with E-state index in [0.717, 1.165) is 6.42 Å². The summed E-state index contributed by atoms with van der Waals surface area (Å²) in [6.45, 7) is 6.73. The molecule has 0 unspecified atom stereocenters. The van der Waals surface area contributed by atoms with Gasteiger partial charge in [0.25, 0.3) is 0 Å². The standard InChI is InChI=1S/C9H17NO2/c1-4-6(2)7(8(10)11)9(3)5-12-9/h6-7H,4-5H2,1-3H3,(H2,10,11)/t6-,7+,9-/m0/s1. The van der Waals surface area contributed by atoms with E-state index in [4.69, 9.17) is 10.5 Å². The Labute approximate surface area is 73.3 Å². The number of carbonyl (C=O) groups excluding carboxylic acids is 1. The van der Waals surface area contributed by atoms with E-state index in [2.05, 4.69) is 6.92 Å². The molecule has 1 amide bonds. The number of nitrogens with two attached hydrogens (primary N) is 1. The molecular weight excluding hydrogens is 154 g/mol. The Morgan fingerprint density at radius 3 is 2.50 bits per heavy atom. The zero-order valence-corrected chi connectivity index (χ0v) is 7.96. The van der Waals surface area contributed by atoms with E-state index in [-0.39, 0.29) is 17.4 Å². The number of epoxide rings is 1. The highest BCUT2D eigenvalue weighted by Gasteiger charge is 2.51. The number of amides is 1. The highest BCUT2D eigenvalue weighted by atomic mass is 16.6. The number of carbonyl (C=O) groups is 1. The molecule has 0 bridgehead atoms. The lowest BCUT2D eigenvalue weighted by atomic mass is 9.81. The van der Waals surface area contributed by atoms with Crippen LogP contribution in [0.2, 0.25) is 0 Å². The molecule has 3 atom stereocenters. The van der Waals surface area contributed by atoms with Gasteiger partial charge in [-0.2, -0.15) is 0 Å². The Morgan fingerprint density at radius 2 is 2.25 bits per heavy atom. The van der Waals surface area contributed by atoms with Gasteiger partial charge in [0.2, 0.25) is 5.91 Å². The maximum absolute atomic E-state index is 11.1. The molecule has 0 radical (unpaired) electrons. The first kappa shape index (κ1) is 9.52. The molecule has 3 nitrogen and oxygen atoms in total. The number of hydrogen-bond acceptors (Lipinski definition) is 2. The summed E-state index contributed by atoms with van der Waals surface area (Å²) < 4.78 is 5.24. The lowest BCUT2D eigenvalue weighted by Crippen LogP contribution is -2.38. The zero-order valence-electron chi connectivity index (χ0n) is 7.96. The van der Waals surface area contributed by atoms with Crippen LogP contribution in [0.4, 0.5) is 0 Å². The van der Waals surface area contributed by atoms with Gasteiger partial charge in [0, 0.05) is 0 Å². The topological polar surface area (TPSA) is 55.6 Å². The Hall–Kier alpha value is -0.570. The van der Waals surface area contributed by atoms with Gasteiger partial charge in [0.15, 0.2) is 0 Å². The second-order valence-electron chi connectivity index (χ2n) is 3.87. The first-order valence-corrected chi connectivity index (χ1v) is 4.44. The van der Waals surface area contributed by atoms with Crippen LogP contribution in [-0.4, -0.2) is 18.1 Å². The van der Waals surface area contributed by atoms with Crippen molar-refractivity contribution in [2.45, 2.75) is 32.8 Å². The summed E-state index contributed by atoms with van der Waals surface area (Å²) in [4.78, 5) is 11.1. The third-order valence-corrected chi connectivity index (χ3v) is 2.78. The van der Waals surface area contributed by atoms with Crippen molar-refractivity contribution in [2.75, 3.05) is 6.61 Å². The molecule has 0 aliphatic carbocycles. The summed E-state index contributed by atoms with van der Waals surface area (Å²) in [5.41, 5.74) is 5.06. The van der Waals surface area contributed by atoms with Gasteiger partial charge in [-0.15, -0.1) is 0 Å². The van der Waals surface area contributed by atoms with Crippen molar-refractivity contribution in [1.29, 1.82) is 0 Å². The Bertz CT molecular complexity index is 187. The molecular formula is C9H17NO2. The Balaban J connectivity index is 2.68. The molecule has 1 heterocycles. The van der Waals surface area contributed by atoms with E-state index in [9.17, 15) is 4.79 Å². The molecule has 2 N–H and O–H groups in total. The summed E-state index contributed by atoms with van der Waals surface area (Å²) in [5, 5.41) is 0. The molecule has 1 rings (SSSR count). The van der Waals surface area contributed by atoms with Crippen LogP contribution < -0.4 is 5.73 Å². The van der Waals surface area contributed by atoms with E-state index in [1.807, 2.05) is 13.8 Å². The molecule has 1 aliphatic rings. The van der Waals surface area contributed by atoms with Crippen LogP contribution in [-0.2, 0) is 9.53 Å². The summed E-state index contributed by atoms with van der Waals surface area (Å²) in [6, 6.07) is 0. The minimum absolute atomic E-state index is 0.123. The predicted molar refractivity (Wildman–Crippen MR) is 46.5 cm³/mol. The second-order valence-corrected chi connectivity index (χ2v) is 3.87. The fourth-order valence-electron chi connectivity index (χ4n) is 1.71. The molecule has 0 aromatic carbocycles. The van der Waals surface area contributed by atoms with E-state index in [1.165, 1.54) is 0 Å². The summed E-state index contributed by atoms with van der Waals surface area (Å²) in [6.07, 6.45) is 0.965. The molecule has 0 saturated carbocycles. The highest BCUT2D eigenvalue weighted by Crippen LogP contribution is 2.39. The first-order chi connectivity index (χ1) is 5.51. The number of hydrogen-bond donors (Lipinski definition) is 1. The lowest BCUT2D eigenvalue weighted by molar-refractivity contribution is -0.125. The molecule has 70 valence electrons. The molecule has 0 aromatic rings. The van der Waals surface area contributed by atoms with Gasteiger partial charge in [-0.25, -0.2) is 0 Å². The van der Waals surface area contributed by atoms with Gasteiger partial charge < -0.3 is 10.5 Å². The number of rotatable bonds is 4. The Kier molecular flexibility index (Phi) is 2.42. The van der Waals surface area contributed by atoms with Crippen molar-refractivity contribution in [1.82, 2.24) is 0 Å². The van der Waals surface area contributed by atoms with Crippen molar-refractivity contribution in [3.05, 3.63) is 0 Å². The minimum atomic E-state index is -0.263. The van der Waals surface area contributed by atoms with Gasteiger partial charge in [0.1, 0.15) is 5.60 Å². The zero-order chi connectivity index (χ0) is 9.35. The van der Waals surface area contributed by atoms with Gasteiger partial charge in [-0.3, -0.25) is 4.79 Å². The maximum Gasteiger partial charge on any atom is 0.223 e. The van der Waals surface area contributed by atoms with Crippen LogP contribution >= 0.6 is 0 Å². The molecule has 0 aromatic heterocycles. The molecule has 3 heteroatoms. The second kappa shape index (κ2) is 3.05. The maximum atomic E-state index is 11.1. The van der Waals surface area contributed by atoms with Crippen LogP contribution in [0.25, 0.3) is 0 Å². The SMILES string of the molecule is CC[C@H](C)[C@H](C(N)=O)[C@]1(C)CO1. The van der Waals surface area contributed by atoms with E-state index in [0.29, 0.717) is 12.5 Å². The van der Waals surface area contributed by atoms with Crippen LogP contribution in [0.5, 0.6) is 0 Å². The van der Waals surface area contributed by atoms with Gasteiger partial charge >= 0.3 is 0 Å². The number of primary amides is 1.